The molecule has 0 aliphatic carbocycles. The van der Waals surface area contributed by atoms with Crippen molar-refractivity contribution in [2.45, 2.75) is 50.5 Å². The summed E-state index contributed by atoms with van der Waals surface area (Å²) in [6, 6.07) is 24.8. The van der Waals surface area contributed by atoms with Gasteiger partial charge in [0.2, 0.25) is 0 Å². The third-order valence-corrected chi connectivity index (χ3v) is 6.01. The highest BCUT2D eigenvalue weighted by atomic mass is 16.9. The minimum atomic E-state index is -1.59. The molecule has 9 heteroatoms. The van der Waals surface area contributed by atoms with E-state index in [-0.39, 0.29) is 11.1 Å². The van der Waals surface area contributed by atoms with Crippen LogP contribution in [0.3, 0.4) is 0 Å². The van der Waals surface area contributed by atoms with Gasteiger partial charge in [-0.2, -0.15) is 0 Å². The summed E-state index contributed by atoms with van der Waals surface area (Å²) in [5.41, 5.74) is 0.766. The Morgan fingerprint density at radius 2 is 1.13 bits per heavy atom. The number of rotatable bonds is 7. The molecule has 0 N–H and O–H groups in total. The molecule has 0 saturated carbocycles. The number of hydrogen-bond donors (Lipinski definition) is 0. The van der Waals surface area contributed by atoms with E-state index < -0.39 is 54.6 Å². The van der Waals surface area contributed by atoms with Crippen molar-refractivity contribution in [1.82, 2.24) is 0 Å². The highest BCUT2D eigenvalue weighted by molar-refractivity contribution is 5.91. The topological polar surface area (TPSA) is 107 Å². The molecule has 3 aromatic rings. The summed E-state index contributed by atoms with van der Waals surface area (Å²) in [7, 11) is 0. The van der Waals surface area contributed by atoms with Crippen molar-refractivity contribution < 1.29 is 42.8 Å². The second-order valence-electron chi connectivity index (χ2n) is 9.22. The highest BCUT2D eigenvalue weighted by Crippen LogP contribution is 2.41. The van der Waals surface area contributed by atoms with Crippen molar-refractivity contribution in [3.8, 4) is 0 Å². The van der Waals surface area contributed by atoms with E-state index in [0.29, 0.717) is 5.56 Å². The van der Waals surface area contributed by atoms with Gasteiger partial charge < -0.3 is 28.4 Å². The van der Waals surface area contributed by atoms with Gasteiger partial charge in [-0.3, -0.25) is 0 Å². The van der Waals surface area contributed by atoms with E-state index in [0.717, 1.165) is 0 Å². The fourth-order valence-electron chi connectivity index (χ4n) is 4.28. The van der Waals surface area contributed by atoms with Crippen LogP contribution in [0.5, 0.6) is 0 Å². The second-order valence-corrected chi connectivity index (χ2v) is 9.22. The zero-order valence-electron chi connectivity index (χ0n) is 20.7. The Labute approximate surface area is 219 Å². The molecule has 2 saturated heterocycles. The molecule has 9 nitrogen and oxygen atoms in total. The van der Waals surface area contributed by atoms with Crippen LogP contribution in [0.2, 0.25) is 0 Å². The quantitative estimate of drug-likeness (QED) is 0.337. The lowest BCUT2D eigenvalue weighted by Crippen LogP contribution is -2.47. The van der Waals surface area contributed by atoms with E-state index in [2.05, 4.69) is 0 Å². The molecule has 0 bridgehead atoms. The molecule has 2 aliphatic heterocycles. The number of carbonyl (C=O) groups excluding carboxylic acids is 3. The predicted molar refractivity (Wildman–Crippen MR) is 132 cm³/mol. The Balaban J connectivity index is 1.45. The summed E-state index contributed by atoms with van der Waals surface area (Å²) < 4.78 is 34.9. The lowest BCUT2D eigenvalue weighted by Gasteiger charge is -2.30. The molecule has 0 spiro atoms. The summed E-state index contributed by atoms with van der Waals surface area (Å²) in [6.45, 7) is 3.39. The van der Waals surface area contributed by atoms with Gasteiger partial charge in [-0.1, -0.05) is 54.6 Å². The average Bonchev–Trinajstić information content (AvgIpc) is 3.41. The van der Waals surface area contributed by atoms with Crippen molar-refractivity contribution in [1.29, 1.82) is 0 Å². The highest BCUT2D eigenvalue weighted by Gasteiger charge is 2.60. The number of hydrogen-bond acceptors (Lipinski definition) is 9. The minimum absolute atomic E-state index is 0.234. The molecule has 2 heterocycles. The van der Waals surface area contributed by atoms with E-state index >= 15 is 0 Å². The first-order valence-electron chi connectivity index (χ1n) is 12.1. The van der Waals surface area contributed by atoms with Crippen molar-refractivity contribution in [3.63, 3.8) is 0 Å². The van der Waals surface area contributed by atoms with Crippen molar-refractivity contribution in [2.75, 3.05) is 0 Å². The van der Waals surface area contributed by atoms with Gasteiger partial charge in [0.15, 0.2) is 30.4 Å². The molecular formula is C29H26O9. The van der Waals surface area contributed by atoms with E-state index in [9.17, 15) is 14.4 Å². The molecule has 0 aromatic heterocycles. The summed E-state index contributed by atoms with van der Waals surface area (Å²) in [5, 5.41) is 0. The molecule has 0 radical (unpaired) electrons. The maximum Gasteiger partial charge on any atom is 0.341 e. The van der Waals surface area contributed by atoms with Crippen LogP contribution in [0.1, 0.15) is 44.9 Å². The van der Waals surface area contributed by atoms with Gasteiger partial charge >= 0.3 is 17.9 Å². The lowest BCUT2D eigenvalue weighted by molar-refractivity contribution is -0.246. The molecule has 2 fully saturated rings. The molecule has 2 aliphatic rings. The monoisotopic (exact) mass is 518 g/mol. The Morgan fingerprint density at radius 1 is 0.684 bits per heavy atom. The summed E-state index contributed by atoms with van der Waals surface area (Å²) in [4.78, 5) is 39.0. The van der Waals surface area contributed by atoms with E-state index in [4.69, 9.17) is 28.4 Å². The van der Waals surface area contributed by atoms with Gasteiger partial charge in [-0.15, -0.1) is 0 Å². The third kappa shape index (κ3) is 5.60. The van der Waals surface area contributed by atoms with Crippen LogP contribution in [-0.4, -0.2) is 54.6 Å². The van der Waals surface area contributed by atoms with Gasteiger partial charge in [-0.05, 0) is 50.2 Å². The van der Waals surface area contributed by atoms with Crippen LogP contribution < -0.4 is 0 Å². The van der Waals surface area contributed by atoms with Crippen molar-refractivity contribution in [2.24, 2.45) is 0 Å². The van der Waals surface area contributed by atoms with Gasteiger partial charge in [0.05, 0.1) is 16.7 Å². The molecule has 3 aromatic carbocycles. The number of fused-ring (bicyclic) bond motifs is 1. The van der Waals surface area contributed by atoms with E-state index in [1.54, 1.807) is 105 Å². The molecule has 0 amide bonds. The van der Waals surface area contributed by atoms with Gasteiger partial charge in [-0.25, -0.2) is 14.4 Å². The zero-order chi connectivity index (χ0) is 26.7. The summed E-state index contributed by atoms with van der Waals surface area (Å²) in [5.74, 6) is -3.19. The third-order valence-electron chi connectivity index (χ3n) is 6.01. The number of carbonyl (C=O) groups is 3. The number of esters is 3. The maximum atomic E-state index is 13.0. The minimum Gasteiger partial charge on any atom is -0.453 e. The molecule has 196 valence electrons. The van der Waals surface area contributed by atoms with Crippen LogP contribution in [0.15, 0.2) is 91.0 Å². The molecular weight excluding hydrogens is 492 g/mol. The molecule has 4 atom stereocenters. The molecule has 5 rings (SSSR count). The Hall–Kier alpha value is -4.05. The number of ether oxygens (including phenoxy) is 6. The maximum absolute atomic E-state index is 13.0. The SMILES string of the molecule is CC1(C)O[C@@H]2O[C@H](C(OC(=O)c3ccccc3)OC(=O)c3ccccc3)[C@H](OC(=O)c3ccccc3)[C@@H]2O1. The summed E-state index contributed by atoms with van der Waals surface area (Å²) in [6.07, 6.45) is -5.79. The summed E-state index contributed by atoms with van der Waals surface area (Å²) >= 11 is 0. The Bertz CT molecular complexity index is 1220. The number of benzene rings is 3. The largest absolute Gasteiger partial charge is 0.453 e. The fraction of sp³-hybridized carbons (Fsp3) is 0.276. The van der Waals surface area contributed by atoms with Crippen LogP contribution >= 0.6 is 0 Å². The molecule has 0 unspecified atom stereocenters. The van der Waals surface area contributed by atoms with Crippen LogP contribution in [-0.2, 0) is 28.4 Å². The van der Waals surface area contributed by atoms with E-state index in [1.807, 2.05) is 0 Å². The van der Waals surface area contributed by atoms with E-state index in [1.165, 1.54) is 0 Å². The molecule has 38 heavy (non-hydrogen) atoms. The predicted octanol–water partition coefficient (Wildman–Crippen LogP) is 4.13. The van der Waals surface area contributed by atoms with Crippen LogP contribution in [0, 0.1) is 0 Å². The van der Waals surface area contributed by atoms with Gasteiger partial charge in [0, 0.05) is 0 Å². The van der Waals surface area contributed by atoms with Gasteiger partial charge in [0.1, 0.15) is 0 Å². The van der Waals surface area contributed by atoms with Crippen LogP contribution in [0.25, 0.3) is 0 Å². The average molecular weight is 519 g/mol. The second kappa shape index (κ2) is 10.7. The first-order chi connectivity index (χ1) is 18.3. The van der Waals surface area contributed by atoms with Crippen molar-refractivity contribution >= 4 is 17.9 Å². The first-order valence-corrected chi connectivity index (χ1v) is 12.1. The van der Waals surface area contributed by atoms with Crippen LogP contribution in [0.4, 0.5) is 0 Å². The Kier molecular flexibility index (Phi) is 7.24. The zero-order valence-corrected chi connectivity index (χ0v) is 20.7. The van der Waals surface area contributed by atoms with Gasteiger partial charge in [0.25, 0.3) is 6.29 Å². The van der Waals surface area contributed by atoms with Crippen molar-refractivity contribution in [3.05, 3.63) is 108 Å². The normalized spacial score (nSPS) is 23.4. The lowest BCUT2D eigenvalue weighted by atomic mass is 10.1. The smallest absolute Gasteiger partial charge is 0.341 e. The first kappa shape index (κ1) is 25.6. The Morgan fingerprint density at radius 3 is 1.61 bits per heavy atom. The standard InChI is InChI=1S/C29H26O9/c1-29(2)37-23-21(33-24(30)18-12-6-3-7-13-18)22(34-28(23)38-29)27(35-25(31)19-14-8-4-9-15-19)36-26(32)20-16-10-5-11-17-20/h3-17,21-23,27-28H,1-2H3/t21-,22-,23-,28-/m0/s1. The fourth-order valence-corrected chi connectivity index (χ4v) is 4.28.